The molecule has 20 heavy (non-hydrogen) atoms. The number of nitrogens with one attached hydrogen (secondary N) is 1. The first-order valence-electron chi connectivity index (χ1n) is 6.09. The lowest BCUT2D eigenvalue weighted by Gasteiger charge is -2.16. The van der Waals surface area contributed by atoms with E-state index in [1.54, 1.807) is 0 Å². The van der Waals surface area contributed by atoms with Crippen molar-refractivity contribution in [1.29, 1.82) is 0 Å². The Morgan fingerprint density at radius 3 is 2.55 bits per heavy atom. The Kier molecular flexibility index (Phi) is 5.28. The Morgan fingerprint density at radius 1 is 1.10 bits per heavy atom. The summed E-state index contributed by atoms with van der Waals surface area (Å²) in [7, 11) is 0. The summed E-state index contributed by atoms with van der Waals surface area (Å²) in [5.41, 5.74) is 1.73. The minimum atomic E-state index is -0.470. The predicted molar refractivity (Wildman–Crippen MR) is 83.1 cm³/mol. The molecular formula is C15H13Cl3FN. The molecule has 0 saturated heterocycles. The molecule has 0 saturated carbocycles. The number of rotatable bonds is 4. The van der Waals surface area contributed by atoms with E-state index < -0.39 is 5.82 Å². The van der Waals surface area contributed by atoms with Crippen molar-refractivity contribution in [3.05, 3.63) is 68.4 Å². The quantitative estimate of drug-likeness (QED) is 0.715. The van der Waals surface area contributed by atoms with E-state index in [0.29, 0.717) is 22.2 Å². The monoisotopic (exact) mass is 331 g/mol. The van der Waals surface area contributed by atoms with Crippen LogP contribution in [0.1, 0.15) is 24.1 Å². The molecule has 106 valence electrons. The summed E-state index contributed by atoms with van der Waals surface area (Å²) in [6, 6.07) is 10.2. The third-order valence-electron chi connectivity index (χ3n) is 3.01. The largest absolute Gasteiger partial charge is 0.306 e. The lowest BCUT2D eigenvalue weighted by atomic mass is 10.1. The zero-order chi connectivity index (χ0) is 14.7. The maximum absolute atomic E-state index is 13.5. The first-order valence-corrected chi connectivity index (χ1v) is 7.23. The first-order chi connectivity index (χ1) is 9.47. The topological polar surface area (TPSA) is 12.0 Å². The molecule has 0 bridgehead atoms. The third-order valence-corrected chi connectivity index (χ3v) is 3.86. The van der Waals surface area contributed by atoms with Crippen LogP contribution in [0.3, 0.4) is 0 Å². The number of hydrogen-bond donors (Lipinski definition) is 1. The van der Waals surface area contributed by atoms with Crippen LogP contribution in [0.2, 0.25) is 15.1 Å². The standard InChI is InChI=1S/C15H13Cl3FN/c1-9(12-6-15(19)14(18)7-13(12)17)20-8-10-3-2-4-11(16)5-10/h2-7,9,20H,8H2,1H3. The molecule has 0 spiro atoms. The van der Waals surface area contributed by atoms with Gasteiger partial charge in [-0.25, -0.2) is 4.39 Å². The second kappa shape index (κ2) is 6.77. The molecule has 0 amide bonds. The van der Waals surface area contributed by atoms with E-state index in [2.05, 4.69) is 5.32 Å². The van der Waals surface area contributed by atoms with Gasteiger partial charge >= 0.3 is 0 Å². The van der Waals surface area contributed by atoms with Crippen LogP contribution in [0.5, 0.6) is 0 Å². The molecule has 0 aliphatic heterocycles. The minimum absolute atomic E-state index is 0.0285. The van der Waals surface area contributed by atoms with Crippen molar-refractivity contribution in [3.63, 3.8) is 0 Å². The Labute approximate surface area is 132 Å². The average molecular weight is 333 g/mol. The van der Waals surface area contributed by atoms with Crippen LogP contribution in [0, 0.1) is 5.82 Å². The molecule has 5 heteroatoms. The number of benzene rings is 2. The van der Waals surface area contributed by atoms with Crippen molar-refractivity contribution in [2.45, 2.75) is 19.5 Å². The molecule has 0 aromatic heterocycles. The summed E-state index contributed by atoms with van der Waals surface area (Å²) in [4.78, 5) is 0. The molecule has 0 heterocycles. The highest BCUT2D eigenvalue weighted by Crippen LogP contribution is 2.28. The SMILES string of the molecule is CC(NCc1cccc(Cl)c1)c1cc(F)c(Cl)cc1Cl. The van der Waals surface area contributed by atoms with Gasteiger partial charge in [-0.1, -0.05) is 46.9 Å². The van der Waals surface area contributed by atoms with E-state index in [1.165, 1.54) is 12.1 Å². The van der Waals surface area contributed by atoms with Crippen molar-refractivity contribution < 1.29 is 4.39 Å². The predicted octanol–water partition coefficient (Wildman–Crippen LogP) is 5.64. The fraction of sp³-hybridized carbons (Fsp3) is 0.200. The zero-order valence-electron chi connectivity index (χ0n) is 10.8. The van der Waals surface area contributed by atoms with Gasteiger partial charge in [-0.05, 0) is 42.3 Å². The van der Waals surface area contributed by atoms with Gasteiger partial charge in [0.2, 0.25) is 0 Å². The van der Waals surface area contributed by atoms with Gasteiger partial charge in [0, 0.05) is 22.6 Å². The number of halogens is 4. The van der Waals surface area contributed by atoms with Gasteiger partial charge in [-0.15, -0.1) is 0 Å². The van der Waals surface area contributed by atoms with Crippen molar-refractivity contribution >= 4 is 34.8 Å². The summed E-state index contributed by atoms with van der Waals surface area (Å²) >= 11 is 17.7. The third kappa shape index (κ3) is 3.86. The van der Waals surface area contributed by atoms with Crippen molar-refractivity contribution in [1.82, 2.24) is 5.32 Å². The average Bonchev–Trinajstić information content (AvgIpc) is 2.40. The van der Waals surface area contributed by atoms with Gasteiger partial charge < -0.3 is 5.32 Å². The summed E-state index contributed by atoms with van der Waals surface area (Å²) in [5.74, 6) is -0.470. The van der Waals surface area contributed by atoms with Crippen molar-refractivity contribution in [3.8, 4) is 0 Å². The molecule has 0 radical (unpaired) electrons. The summed E-state index contributed by atoms with van der Waals surface area (Å²) in [6.45, 7) is 2.53. The van der Waals surface area contributed by atoms with Crippen molar-refractivity contribution in [2.24, 2.45) is 0 Å². The van der Waals surface area contributed by atoms with Crippen LogP contribution in [0.25, 0.3) is 0 Å². The second-order valence-corrected chi connectivity index (χ2v) is 5.77. The molecule has 0 fully saturated rings. The Bertz CT molecular complexity index is 616. The van der Waals surface area contributed by atoms with Crippen LogP contribution in [-0.2, 0) is 6.54 Å². The molecule has 1 atom stereocenters. The maximum Gasteiger partial charge on any atom is 0.142 e. The normalized spacial score (nSPS) is 12.4. The van der Waals surface area contributed by atoms with Crippen LogP contribution in [-0.4, -0.2) is 0 Å². The van der Waals surface area contributed by atoms with Gasteiger partial charge in [-0.3, -0.25) is 0 Å². The van der Waals surface area contributed by atoms with E-state index in [1.807, 2.05) is 31.2 Å². The smallest absolute Gasteiger partial charge is 0.142 e. The molecule has 1 unspecified atom stereocenters. The van der Waals surface area contributed by atoms with E-state index >= 15 is 0 Å². The molecule has 2 rings (SSSR count). The summed E-state index contributed by atoms with van der Waals surface area (Å²) in [6.07, 6.45) is 0. The lowest BCUT2D eigenvalue weighted by molar-refractivity contribution is 0.565. The van der Waals surface area contributed by atoms with E-state index in [9.17, 15) is 4.39 Å². The van der Waals surface area contributed by atoms with Crippen LogP contribution < -0.4 is 5.32 Å². The first kappa shape index (κ1) is 15.6. The lowest BCUT2D eigenvalue weighted by Crippen LogP contribution is -2.18. The van der Waals surface area contributed by atoms with E-state index in [-0.39, 0.29) is 11.1 Å². The highest BCUT2D eigenvalue weighted by molar-refractivity contribution is 6.35. The van der Waals surface area contributed by atoms with Crippen LogP contribution in [0.4, 0.5) is 4.39 Å². The minimum Gasteiger partial charge on any atom is -0.306 e. The molecule has 2 aromatic carbocycles. The van der Waals surface area contributed by atoms with E-state index in [4.69, 9.17) is 34.8 Å². The summed E-state index contributed by atoms with van der Waals surface area (Å²) < 4.78 is 13.5. The fourth-order valence-corrected chi connectivity index (χ4v) is 2.66. The van der Waals surface area contributed by atoms with Gasteiger partial charge in [-0.2, -0.15) is 0 Å². The van der Waals surface area contributed by atoms with Gasteiger partial charge in [0.1, 0.15) is 5.82 Å². The molecule has 2 aromatic rings. The molecule has 0 aliphatic rings. The van der Waals surface area contributed by atoms with E-state index in [0.717, 1.165) is 5.56 Å². The Hall–Kier alpha value is -0.800. The summed E-state index contributed by atoms with van der Waals surface area (Å²) in [5, 5.41) is 4.44. The van der Waals surface area contributed by atoms with Gasteiger partial charge in [0.05, 0.1) is 5.02 Å². The fourth-order valence-electron chi connectivity index (χ4n) is 1.90. The van der Waals surface area contributed by atoms with Crippen molar-refractivity contribution in [2.75, 3.05) is 0 Å². The Morgan fingerprint density at radius 2 is 1.85 bits per heavy atom. The molecule has 0 aliphatic carbocycles. The van der Waals surface area contributed by atoms with Crippen LogP contribution in [0.15, 0.2) is 36.4 Å². The second-order valence-electron chi connectivity index (χ2n) is 4.52. The highest BCUT2D eigenvalue weighted by Gasteiger charge is 2.13. The van der Waals surface area contributed by atoms with Crippen LogP contribution >= 0.6 is 34.8 Å². The molecule has 1 nitrogen and oxygen atoms in total. The Balaban J connectivity index is 2.09. The number of hydrogen-bond acceptors (Lipinski definition) is 1. The molecule has 1 N–H and O–H groups in total. The zero-order valence-corrected chi connectivity index (χ0v) is 13.0. The maximum atomic E-state index is 13.5. The highest BCUT2D eigenvalue weighted by atomic mass is 35.5. The molecular weight excluding hydrogens is 320 g/mol. The van der Waals surface area contributed by atoms with Gasteiger partial charge in [0.15, 0.2) is 0 Å². The van der Waals surface area contributed by atoms with Gasteiger partial charge in [0.25, 0.3) is 0 Å².